The van der Waals surface area contributed by atoms with Crippen molar-refractivity contribution >= 4 is 27.6 Å². The Balaban J connectivity index is 0.00000400. The number of rotatable bonds is 7. The van der Waals surface area contributed by atoms with Crippen molar-refractivity contribution < 1.29 is 47.3 Å². The number of nitrogens with one attached hydrogen (secondary N) is 1. The molecule has 0 fully saturated rings. The third-order valence-corrected chi connectivity index (χ3v) is 2.70. The molecule has 7 nitrogen and oxygen atoms in total. The van der Waals surface area contributed by atoms with E-state index in [0.29, 0.717) is 12.1 Å². The van der Waals surface area contributed by atoms with E-state index in [-0.39, 0.29) is 41.2 Å². The van der Waals surface area contributed by atoms with Gasteiger partial charge < -0.3 is 9.87 Å². The van der Waals surface area contributed by atoms with Gasteiger partial charge in [-0.1, -0.05) is 24.3 Å². The molecule has 1 amide bonds. The van der Waals surface area contributed by atoms with Gasteiger partial charge >= 0.3 is 29.6 Å². The van der Waals surface area contributed by atoms with Crippen LogP contribution in [0.25, 0.3) is 0 Å². The molecule has 0 heterocycles. The summed E-state index contributed by atoms with van der Waals surface area (Å²) in [5.41, 5.74) is 0.795. The average Bonchev–Trinajstić information content (AvgIpc) is 2.37. The molecule has 0 aromatic heterocycles. The van der Waals surface area contributed by atoms with E-state index in [1.165, 1.54) is 12.1 Å². The summed E-state index contributed by atoms with van der Waals surface area (Å²) in [6.45, 7) is 2.06. The van der Waals surface area contributed by atoms with E-state index in [9.17, 15) is 17.8 Å². The molecule has 1 aromatic carbocycles. The van der Waals surface area contributed by atoms with Crippen LogP contribution in [0.2, 0.25) is 0 Å². The molecule has 1 aromatic rings. The largest absolute Gasteiger partial charge is 1.00 e. The molecule has 1 N–H and O–H groups in total. The Morgan fingerprint density at radius 3 is 2.38 bits per heavy atom. The van der Waals surface area contributed by atoms with E-state index in [4.69, 9.17) is 0 Å². The molecule has 1 rings (SSSR count). The zero-order chi connectivity index (χ0) is 15.0. The number of unbranched alkanes of at least 4 members (excludes halogenated alkanes) is 2. The van der Waals surface area contributed by atoms with Gasteiger partial charge in [0.1, 0.15) is 0 Å². The molecular formula is C12H16N3NaO4S. The van der Waals surface area contributed by atoms with Gasteiger partial charge in [-0.2, -0.15) is 0 Å². The Hall–Kier alpha value is -0.800. The monoisotopic (exact) mass is 321 g/mol. The molecule has 0 aliphatic carbocycles. The van der Waals surface area contributed by atoms with Crippen molar-refractivity contribution in [3.63, 3.8) is 0 Å². The third kappa shape index (κ3) is 9.70. The molecular weight excluding hydrogens is 305 g/mol. The normalized spacial score (nSPS) is 11.1. The summed E-state index contributed by atoms with van der Waals surface area (Å²) in [6.07, 6.45) is 3.37. The van der Waals surface area contributed by atoms with E-state index in [0.717, 1.165) is 19.3 Å². The van der Waals surface area contributed by atoms with E-state index >= 15 is 0 Å². The fourth-order valence-corrected chi connectivity index (χ4v) is 1.66. The number of carbonyl (C=O) groups excluding carboxylic acids is 1. The Morgan fingerprint density at radius 2 is 1.86 bits per heavy atom. The van der Waals surface area contributed by atoms with Gasteiger partial charge in [-0.05, 0) is 30.7 Å². The van der Waals surface area contributed by atoms with Gasteiger partial charge in [0.25, 0.3) is 0 Å². The first-order valence-corrected chi connectivity index (χ1v) is 7.56. The van der Waals surface area contributed by atoms with Crippen LogP contribution in [0.4, 0.5) is 11.4 Å². The van der Waals surface area contributed by atoms with E-state index in [2.05, 4.69) is 21.9 Å². The van der Waals surface area contributed by atoms with Crippen LogP contribution in [-0.2, 0) is 15.1 Å². The van der Waals surface area contributed by atoms with Crippen LogP contribution in [0.15, 0.2) is 33.9 Å². The summed E-state index contributed by atoms with van der Waals surface area (Å²) in [5, 5.41) is 5.98. The number of benzene rings is 1. The van der Waals surface area contributed by atoms with Gasteiger partial charge in [0.05, 0.1) is 5.69 Å². The second-order valence-electron chi connectivity index (χ2n) is 4.16. The molecule has 21 heavy (non-hydrogen) atoms. The Morgan fingerprint density at radius 1 is 1.24 bits per heavy atom. The molecule has 0 aliphatic heterocycles. The molecule has 0 saturated carbocycles. The van der Waals surface area contributed by atoms with E-state index in [1.807, 2.05) is 0 Å². The van der Waals surface area contributed by atoms with Crippen LogP contribution in [0.5, 0.6) is 0 Å². The van der Waals surface area contributed by atoms with Crippen molar-refractivity contribution in [2.75, 3.05) is 5.32 Å². The van der Waals surface area contributed by atoms with Crippen molar-refractivity contribution in [3.05, 3.63) is 24.3 Å². The molecule has 0 aliphatic rings. The second-order valence-corrected chi connectivity index (χ2v) is 5.18. The molecule has 9 heteroatoms. The van der Waals surface area contributed by atoms with Gasteiger partial charge in [-0.25, -0.2) is 8.42 Å². The number of anilines is 1. The van der Waals surface area contributed by atoms with Gasteiger partial charge in [-0.15, -0.1) is 5.11 Å². The maximum atomic E-state index is 11.6. The summed E-state index contributed by atoms with van der Waals surface area (Å²) in [7, 11) is -4.73. The van der Waals surface area contributed by atoms with Crippen LogP contribution in [0.3, 0.4) is 0 Å². The van der Waals surface area contributed by atoms with Gasteiger partial charge in [0.2, 0.25) is 16.2 Å². The molecule has 0 spiro atoms. The summed E-state index contributed by atoms with van der Waals surface area (Å²) in [6, 6.07) is 6.03. The zero-order valence-electron chi connectivity index (χ0n) is 12.1. The first-order valence-electron chi connectivity index (χ1n) is 6.19. The standard InChI is InChI=1S/C12H17N3O4S.Na/c1-2-3-4-5-12(16)13-10-6-8-11(9-7-10)14-15-20(17,18)19;/h6-9H,2-5H2,1H3,(H,13,16)(H,17,18,19);/q;+1/p-1. The van der Waals surface area contributed by atoms with Crippen molar-refractivity contribution in [3.8, 4) is 0 Å². The molecule has 0 bridgehead atoms. The van der Waals surface area contributed by atoms with Crippen molar-refractivity contribution in [2.45, 2.75) is 32.6 Å². The van der Waals surface area contributed by atoms with E-state index < -0.39 is 10.3 Å². The minimum absolute atomic E-state index is 0. The van der Waals surface area contributed by atoms with Gasteiger partial charge in [-0.3, -0.25) is 4.79 Å². The number of nitrogens with zero attached hydrogens (tertiary/aromatic N) is 2. The van der Waals surface area contributed by atoms with Crippen LogP contribution in [0.1, 0.15) is 32.6 Å². The minimum Gasteiger partial charge on any atom is -0.728 e. The smallest absolute Gasteiger partial charge is 0.728 e. The molecule has 0 unspecified atom stereocenters. The van der Waals surface area contributed by atoms with Crippen LogP contribution >= 0.6 is 0 Å². The summed E-state index contributed by atoms with van der Waals surface area (Å²) >= 11 is 0. The van der Waals surface area contributed by atoms with Gasteiger partial charge in [0.15, 0.2) is 0 Å². The van der Waals surface area contributed by atoms with Gasteiger partial charge in [0, 0.05) is 12.1 Å². The fourth-order valence-electron chi connectivity index (χ4n) is 1.47. The van der Waals surface area contributed by atoms with E-state index in [1.54, 1.807) is 12.1 Å². The fraction of sp³-hybridized carbons (Fsp3) is 0.417. The van der Waals surface area contributed by atoms with Crippen LogP contribution < -0.4 is 34.9 Å². The van der Waals surface area contributed by atoms with Crippen LogP contribution in [0, 0.1) is 0 Å². The number of amides is 1. The Labute approximate surface area is 146 Å². The number of carbonyl (C=O) groups is 1. The van der Waals surface area contributed by atoms with Crippen LogP contribution in [-0.4, -0.2) is 18.9 Å². The molecule has 0 atom stereocenters. The maximum Gasteiger partial charge on any atom is 1.00 e. The molecule has 110 valence electrons. The summed E-state index contributed by atoms with van der Waals surface area (Å²) < 4.78 is 33.4. The Bertz CT molecular complexity index is 573. The second kappa shape index (κ2) is 10.0. The predicted octanol–water partition coefficient (Wildman–Crippen LogP) is -0.247. The molecule has 0 saturated heterocycles. The number of hydrogen-bond donors (Lipinski definition) is 1. The maximum absolute atomic E-state index is 11.6. The first kappa shape index (κ1) is 20.2. The topological polar surface area (TPSA) is 111 Å². The van der Waals surface area contributed by atoms with Crippen molar-refractivity contribution in [2.24, 2.45) is 9.63 Å². The minimum atomic E-state index is -4.73. The Kier molecular flexibility index (Phi) is 9.63. The van der Waals surface area contributed by atoms with Crippen molar-refractivity contribution in [1.82, 2.24) is 0 Å². The summed E-state index contributed by atoms with van der Waals surface area (Å²) in [5.74, 6) is -0.0741. The predicted molar refractivity (Wildman–Crippen MR) is 73.4 cm³/mol. The molecule has 0 radical (unpaired) electrons. The SMILES string of the molecule is CCCCCC(=O)Nc1ccc(N=NS(=O)(=O)[O-])cc1.[Na+]. The third-order valence-electron chi connectivity index (χ3n) is 2.41. The summed E-state index contributed by atoms with van der Waals surface area (Å²) in [4.78, 5) is 11.6. The first-order chi connectivity index (χ1) is 9.40. The zero-order valence-corrected chi connectivity index (χ0v) is 14.9. The average molecular weight is 321 g/mol. The number of hydrogen-bond acceptors (Lipinski definition) is 5. The quantitative estimate of drug-likeness (QED) is 0.323. The van der Waals surface area contributed by atoms with Crippen molar-refractivity contribution in [1.29, 1.82) is 0 Å².